The topological polar surface area (TPSA) is 20.2 Å². The van der Waals surface area contributed by atoms with Crippen LogP contribution in [0.4, 0.5) is 0 Å². The van der Waals surface area contributed by atoms with Crippen molar-refractivity contribution in [3.05, 3.63) is 35.4 Å². The quantitative estimate of drug-likeness (QED) is 0.721. The number of hydrogen-bond acceptors (Lipinski definition) is 1. The van der Waals surface area contributed by atoms with Gasteiger partial charge >= 0.3 is 0 Å². The number of aryl methyl sites for hydroxylation is 1. The first-order chi connectivity index (χ1) is 6.62. The summed E-state index contributed by atoms with van der Waals surface area (Å²) in [6, 6.07) is 8.19. The minimum Gasteiger partial charge on any atom is -0.385 e. The van der Waals surface area contributed by atoms with Crippen LogP contribution < -0.4 is 0 Å². The lowest BCUT2D eigenvalue weighted by atomic mass is 9.88. The molecule has 1 fully saturated rings. The number of aliphatic hydroxyl groups is 1. The van der Waals surface area contributed by atoms with Crippen molar-refractivity contribution in [2.75, 3.05) is 0 Å². The smallest absolute Gasteiger partial charge is 0.0901 e. The molecule has 1 heteroatoms. The van der Waals surface area contributed by atoms with E-state index in [2.05, 4.69) is 26.0 Å². The van der Waals surface area contributed by atoms with E-state index in [-0.39, 0.29) is 0 Å². The fraction of sp³-hybridized carbons (Fsp3) is 0.538. The Labute approximate surface area is 85.8 Å². The maximum atomic E-state index is 10.5. The highest BCUT2D eigenvalue weighted by molar-refractivity contribution is 5.32. The highest BCUT2D eigenvalue weighted by atomic mass is 16.3. The largest absolute Gasteiger partial charge is 0.385 e. The molecule has 1 nitrogen and oxygen atoms in total. The van der Waals surface area contributed by atoms with E-state index < -0.39 is 5.60 Å². The standard InChI is InChI=1S/C13H18O/c1-10-7-8-13(14,9-10)12-6-4-3-5-11(12)2/h3-6,10,14H,7-9H2,1-2H3. The van der Waals surface area contributed by atoms with Crippen molar-refractivity contribution >= 4 is 0 Å². The molecule has 2 rings (SSSR count). The second-order valence-electron chi connectivity index (χ2n) is 4.69. The predicted octanol–water partition coefficient (Wildman–Crippen LogP) is 3.00. The Kier molecular flexibility index (Phi) is 2.36. The van der Waals surface area contributed by atoms with Crippen LogP contribution in [-0.4, -0.2) is 5.11 Å². The van der Waals surface area contributed by atoms with E-state index >= 15 is 0 Å². The monoisotopic (exact) mass is 190 g/mol. The van der Waals surface area contributed by atoms with Crippen molar-refractivity contribution in [1.82, 2.24) is 0 Å². The Morgan fingerprint density at radius 2 is 2.07 bits per heavy atom. The Morgan fingerprint density at radius 1 is 1.36 bits per heavy atom. The Morgan fingerprint density at radius 3 is 2.64 bits per heavy atom. The lowest BCUT2D eigenvalue weighted by molar-refractivity contribution is 0.0402. The molecule has 1 aromatic rings. The highest BCUT2D eigenvalue weighted by Crippen LogP contribution is 2.42. The van der Waals surface area contributed by atoms with E-state index in [4.69, 9.17) is 0 Å². The summed E-state index contributed by atoms with van der Waals surface area (Å²) in [5.74, 6) is 0.652. The molecule has 0 aromatic heterocycles. The Bertz CT molecular complexity index is 332. The molecule has 1 saturated carbocycles. The van der Waals surface area contributed by atoms with E-state index in [1.165, 1.54) is 5.56 Å². The predicted molar refractivity (Wildman–Crippen MR) is 58.1 cm³/mol. The minimum absolute atomic E-state index is 0.551. The molecule has 14 heavy (non-hydrogen) atoms. The highest BCUT2D eigenvalue weighted by Gasteiger charge is 2.37. The van der Waals surface area contributed by atoms with Gasteiger partial charge in [0.05, 0.1) is 5.60 Å². The third-order valence-corrected chi connectivity index (χ3v) is 3.38. The van der Waals surface area contributed by atoms with Gasteiger partial charge in [-0.3, -0.25) is 0 Å². The normalized spacial score (nSPS) is 32.1. The summed E-state index contributed by atoms with van der Waals surface area (Å²) in [4.78, 5) is 0. The summed E-state index contributed by atoms with van der Waals surface area (Å²) >= 11 is 0. The zero-order valence-electron chi connectivity index (χ0n) is 8.96. The van der Waals surface area contributed by atoms with E-state index in [0.29, 0.717) is 5.92 Å². The molecular weight excluding hydrogens is 172 g/mol. The molecule has 0 heterocycles. The number of benzene rings is 1. The van der Waals surface area contributed by atoms with Crippen LogP contribution in [0.5, 0.6) is 0 Å². The third kappa shape index (κ3) is 1.57. The summed E-state index contributed by atoms with van der Waals surface area (Å²) in [5, 5.41) is 10.5. The number of hydrogen-bond donors (Lipinski definition) is 1. The molecule has 1 aliphatic rings. The van der Waals surface area contributed by atoms with Crippen LogP contribution in [0.15, 0.2) is 24.3 Å². The van der Waals surface area contributed by atoms with Gasteiger partial charge in [-0.25, -0.2) is 0 Å². The fourth-order valence-electron chi connectivity index (χ4n) is 2.61. The van der Waals surface area contributed by atoms with Crippen molar-refractivity contribution in [3.8, 4) is 0 Å². The Hall–Kier alpha value is -0.820. The van der Waals surface area contributed by atoms with Gasteiger partial charge in [0.1, 0.15) is 0 Å². The minimum atomic E-state index is -0.551. The van der Waals surface area contributed by atoms with Gasteiger partial charge in [0.15, 0.2) is 0 Å². The summed E-state index contributed by atoms with van der Waals surface area (Å²) in [6.45, 7) is 4.30. The zero-order chi connectivity index (χ0) is 10.2. The summed E-state index contributed by atoms with van der Waals surface area (Å²) in [5.41, 5.74) is 1.79. The van der Waals surface area contributed by atoms with Crippen molar-refractivity contribution in [2.45, 2.75) is 38.7 Å². The van der Waals surface area contributed by atoms with Gasteiger partial charge in [-0.15, -0.1) is 0 Å². The first-order valence-corrected chi connectivity index (χ1v) is 5.40. The van der Waals surface area contributed by atoms with Crippen molar-refractivity contribution < 1.29 is 5.11 Å². The van der Waals surface area contributed by atoms with Gasteiger partial charge < -0.3 is 5.11 Å². The van der Waals surface area contributed by atoms with Crippen LogP contribution in [0.1, 0.15) is 37.3 Å². The first-order valence-electron chi connectivity index (χ1n) is 5.40. The molecule has 0 aliphatic heterocycles. The lowest BCUT2D eigenvalue weighted by Gasteiger charge is -2.25. The second-order valence-corrected chi connectivity index (χ2v) is 4.69. The van der Waals surface area contributed by atoms with Gasteiger partial charge in [0.25, 0.3) is 0 Å². The van der Waals surface area contributed by atoms with E-state index in [1.54, 1.807) is 0 Å². The van der Waals surface area contributed by atoms with Crippen LogP contribution in [0.25, 0.3) is 0 Å². The van der Waals surface area contributed by atoms with Crippen molar-refractivity contribution in [3.63, 3.8) is 0 Å². The van der Waals surface area contributed by atoms with Gasteiger partial charge in [-0.05, 0) is 43.2 Å². The van der Waals surface area contributed by atoms with Crippen LogP contribution in [0.3, 0.4) is 0 Å². The van der Waals surface area contributed by atoms with E-state index in [0.717, 1.165) is 24.8 Å². The van der Waals surface area contributed by atoms with Crippen LogP contribution in [0.2, 0.25) is 0 Å². The third-order valence-electron chi connectivity index (χ3n) is 3.38. The van der Waals surface area contributed by atoms with Gasteiger partial charge in [-0.2, -0.15) is 0 Å². The van der Waals surface area contributed by atoms with Crippen molar-refractivity contribution in [1.29, 1.82) is 0 Å². The fourth-order valence-corrected chi connectivity index (χ4v) is 2.61. The maximum absolute atomic E-state index is 10.5. The lowest BCUT2D eigenvalue weighted by Crippen LogP contribution is -2.22. The molecule has 1 aliphatic carbocycles. The molecule has 0 bridgehead atoms. The zero-order valence-corrected chi connectivity index (χ0v) is 8.96. The average Bonchev–Trinajstić information content (AvgIpc) is 2.48. The molecule has 76 valence electrons. The molecule has 1 N–H and O–H groups in total. The molecule has 2 atom stereocenters. The first kappa shape index (κ1) is 9.72. The van der Waals surface area contributed by atoms with E-state index in [1.807, 2.05) is 12.1 Å². The molecular formula is C13H18O. The molecule has 0 spiro atoms. The average molecular weight is 190 g/mol. The SMILES string of the molecule is Cc1ccccc1C1(O)CCC(C)C1. The summed E-state index contributed by atoms with van der Waals surface area (Å²) in [7, 11) is 0. The Balaban J connectivity index is 2.35. The molecule has 0 amide bonds. The number of rotatable bonds is 1. The molecule has 0 radical (unpaired) electrons. The summed E-state index contributed by atoms with van der Waals surface area (Å²) < 4.78 is 0. The van der Waals surface area contributed by atoms with Gasteiger partial charge in [0.2, 0.25) is 0 Å². The summed E-state index contributed by atoms with van der Waals surface area (Å²) in [6.07, 6.45) is 2.97. The van der Waals surface area contributed by atoms with Crippen LogP contribution in [-0.2, 0) is 5.60 Å². The van der Waals surface area contributed by atoms with Crippen LogP contribution >= 0.6 is 0 Å². The maximum Gasteiger partial charge on any atom is 0.0901 e. The second kappa shape index (κ2) is 3.39. The van der Waals surface area contributed by atoms with Gasteiger partial charge in [-0.1, -0.05) is 31.2 Å². The van der Waals surface area contributed by atoms with Crippen molar-refractivity contribution in [2.24, 2.45) is 5.92 Å². The van der Waals surface area contributed by atoms with Crippen LogP contribution in [0, 0.1) is 12.8 Å². The van der Waals surface area contributed by atoms with E-state index in [9.17, 15) is 5.11 Å². The molecule has 0 saturated heterocycles. The molecule has 2 unspecified atom stereocenters. The van der Waals surface area contributed by atoms with Gasteiger partial charge in [0, 0.05) is 0 Å². The molecule has 1 aromatic carbocycles.